The predicted molar refractivity (Wildman–Crippen MR) is 126 cm³/mol. The number of rotatable bonds is 15. The van der Waals surface area contributed by atoms with Gasteiger partial charge in [0.15, 0.2) is 0 Å². The number of ether oxygens (including phenoxy) is 4. The third-order valence-electron chi connectivity index (χ3n) is 4.75. The maximum atomic E-state index is 14.1. The quantitative estimate of drug-likeness (QED) is 0.101. The van der Waals surface area contributed by atoms with E-state index in [4.69, 9.17) is 19.9 Å². The Morgan fingerprint density at radius 3 is 1.85 bits per heavy atom. The summed E-state index contributed by atoms with van der Waals surface area (Å²) in [5, 5.41) is 5.40. The van der Waals surface area contributed by atoms with Crippen LogP contribution in [-0.2, 0) is 16.0 Å². The monoisotopic (exact) mass is 598 g/mol. The first-order chi connectivity index (χ1) is 19.5. The molecule has 0 aliphatic heterocycles. The highest BCUT2D eigenvalue weighted by Gasteiger charge is 2.31. The van der Waals surface area contributed by atoms with Crippen molar-refractivity contribution in [3.8, 4) is 17.5 Å². The van der Waals surface area contributed by atoms with E-state index < -0.39 is 53.0 Å². The minimum atomic E-state index is -4.87. The van der Waals surface area contributed by atoms with E-state index in [0.29, 0.717) is 25.3 Å². The second kappa shape index (κ2) is 14.6. The van der Waals surface area contributed by atoms with Crippen molar-refractivity contribution in [2.45, 2.75) is 12.9 Å². The molecule has 2 aromatic carbocycles. The minimum absolute atomic E-state index is 0.0797. The van der Waals surface area contributed by atoms with Crippen LogP contribution in [0.2, 0.25) is 0 Å². The lowest BCUT2D eigenvalue weighted by Crippen LogP contribution is -2.17. The normalized spacial score (nSPS) is 11.4. The Balaban J connectivity index is 1.75. The summed E-state index contributed by atoms with van der Waals surface area (Å²) in [6.07, 6.45) is -4.87. The van der Waals surface area contributed by atoms with Crippen LogP contribution in [0.15, 0.2) is 24.3 Å². The molecule has 0 bridgehead atoms. The molecule has 0 unspecified atom stereocenters. The van der Waals surface area contributed by atoms with Crippen LogP contribution in [0.25, 0.3) is 0 Å². The summed E-state index contributed by atoms with van der Waals surface area (Å²) in [4.78, 5) is 11.5. The number of halogens is 8. The number of aromatic nitrogens is 3. The highest BCUT2D eigenvalue weighted by Crippen LogP contribution is 2.32. The van der Waals surface area contributed by atoms with Gasteiger partial charge in [-0.2, -0.15) is 23.7 Å². The largest absolute Gasteiger partial charge is 0.573 e. The molecule has 1 heterocycles. The SMILES string of the molecule is NCCOCCOCCNc1nc(NCc2ccc(OC(F)(F)F)cc2)nc(Oc2c(F)c(F)c(F)c(F)c2F)n1. The van der Waals surface area contributed by atoms with Crippen LogP contribution in [0.3, 0.4) is 0 Å². The van der Waals surface area contributed by atoms with Crippen molar-refractivity contribution >= 4 is 11.9 Å². The summed E-state index contributed by atoms with van der Waals surface area (Å²) in [6.45, 7) is 1.39. The molecule has 0 saturated heterocycles. The highest BCUT2D eigenvalue weighted by molar-refractivity contribution is 5.39. The fraction of sp³-hybridized carbons (Fsp3) is 0.348. The zero-order chi connectivity index (χ0) is 30.0. The first kappa shape index (κ1) is 31.5. The Kier molecular flexibility index (Phi) is 11.2. The maximum absolute atomic E-state index is 14.1. The molecule has 10 nitrogen and oxygen atoms in total. The van der Waals surface area contributed by atoms with Crippen molar-refractivity contribution < 1.29 is 54.1 Å². The number of nitrogens with zero attached hydrogens (tertiary/aromatic N) is 3. The van der Waals surface area contributed by atoms with E-state index in [9.17, 15) is 35.1 Å². The molecule has 3 rings (SSSR count). The van der Waals surface area contributed by atoms with Gasteiger partial charge in [-0.3, -0.25) is 0 Å². The predicted octanol–water partition coefficient (Wildman–Crippen LogP) is 4.27. The molecule has 0 aliphatic carbocycles. The van der Waals surface area contributed by atoms with Gasteiger partial charge < -0.3 is 35.3 Å². The van der Waals surface area contributed by atoms with Crippen molar-refractivity contribution in [1.29, 1.82) is 0 Å². The van der Waals surface area contributed by atoms with Gasteiger partial charge in [-0.1, -0.05) is 12.1 Å². The van der Waals surface area contributed by atoms with Gasteiger partial charge in [0.25, 0.3) is 0 Å². The van der Waals surface area contributed by atoms with Gasteiger partial charge in [0.2, 0.25) is 46.7 Å². The Morgan fingerprint density at radius 2 is 1.27 bits per heavy atom. The van der Waals surface area contributed by atoms with E-state index >= 15 is 0 Å². The lowest BCUT2D eigenvalue weighted by molar-refractivity contribution is -0.274. The second-order valence-corrected chi connectivity index (χ2v) is 7.75. The van der Waals surface area contributed by atoms with Crippen LogP contribution in [-0.4, -0.2) is 60.8 Å². The van der Waals surface area contributed by atoms with Crippen molar-refractivity contribution in [1.82, 2.24) is 15.0 Å². The van der Waals surface area contributed by atoms with E-state index in [0.717, 1.165) is 12.1 Å². The topological polar surface area (TPSA) is 126 Å². The van der Waals surface area contributed by atoms with Gasteiger partial charge in [0.1, 0.15) is 5.75 Å². The number of hydrogen-bond acceptors (Lipinski definition) is 10. The van der Waals surface area contributed by atoms with Crippen LogP contribution in [0.5, 0.6) is 17.5 Å². The van der Waals surface area contributed by atoms with Gasteiger partial charge >= 0.3 is 12.4 Å². The van der Waals surface area contributed by atoms with Gasteiger partial charge in [-0.05, 0) is 17.7 Å². The average molecular weight is 598 g/mol. The maximum Gasteiger partial charge on any atom is 0.573 e. The summed E-state index contributed by atoms with van der Waals surface area (Å²) < 4.78 is 125. The Hall–Kier alpha value is -4.03. The van der Waals surface area contributed by atoms with Crippen molar-refractivity contribution in [2.24, 2.45) is 5.73 Å². The Morgan fingerprint density at radius 1 is 0.707 bits per heavy atom. The minimum Gasteiger partial charge on any atom is -0.418 e. The van der Waals surface area contributed by atoms with Gasteiger partial charge in [-0.25, -0.2) is 13.2 Å². The fourth-order valence-electron chi connectivity index (χ4n) is 2.96. The summed E-state index contributed by atoms with van der Waals surface area (Å²) in [7, 11) is 0. The molecule has 3 aromatic rings. The van der Waals surface area contributed by atoms with E-state index in [-0.39, 0.29) is 38.2 Å². The summed E-state index contributed by atoms with van der Waals surface area (Å²) in [6, 6.07) is 3.87. The van der Waals surface area contributed by atoms with Gasteiger partial charge in [-0.15, -0.1) is 13.2 Å². The van der Waals surface area contributed by atoms with E-state index in [2.05, 4.69) is 30.3 Å². The Bertz CT molecular complexity index is 1270. The van der Waals surface area contributed by atoms with Crippen molar-refractivity contribution in [2.75, 3.05) is 50.2 Å². The van der Waals surface area contributed by atoms with Gasteiger partial charge in [0.05, 0.1) is 26.4 Å². The molecular formula is C23H22F8N6O4. The molecule has 0 spiro atoms. The second-order valence-electron chi connectivity index (χ2n) is 7.75. The summed E-state index contributed by atoms with van der Waals surface area (Å²) in [5.74, 6) is -14.0. The molecule has 0 radical (unpaired) electrons. The third-order valence-corrected chi connectivity index (χ3v) is 4.75. The molecule has 224 valence electrons. The molecule has 0 saturated carbocycles. The third kappa shape index (κ3) is 9.54. The average Bonchev–Trinajstić information content (AvgIpc) is 2.93. The lowest BCUT2D eigenvalue weighted by Gasteiger charge is -2.13. The number of anilines is 2. The highest BCUT2D eigenvalue weighted by atomic mass is 19.4. The molecule has 0 atom stereocenters. The molecular weight excluding hydrogens is 576 g/mol. The Labute approximate surface area is 226 Å². The summed E-state index contributed by atoms with van der Waals surface area (Å²) >= 11 is 0. The van der Waals surface area contributed by atoms with E-state index in [1.54, 1.807) is 0 Å². The number of hydrogen-bond donors (Lipinski definition) is 3. The van der Waals surface area contributed by atoms with Crippen molar-refractivity contribution in [3.05, 3.63) is 58.9 Å². The molecule has 1 aromatic heterocycles. The number of alkyl halides is 3. The lowest BCUT2D eigenvalue weighted by atomic mass is 10.2. The van der Waals surface area contributed by atoms with Crippen LogP contribution in [0.4, 0.5) is 47.0 Å². The van der Waals surface area contributed by atoms with Gasteiger partial charge in [0, 0.05) is 19.6 Å². The molecule has 0 amide bonds. The standard InChI is InChI=1S/C23H22F8N6O4/c24-14-15(25)17(27)19(18(28)16(14)26)40-22-36-20(33-6-8-39-10-9-38-7-5-32)35-21(37-22)34-11-12-1-3-13(4-2-12)41-23(29,30)31/h1-4H,5-11,32H2,(H2,33,34,35,36,37). The smallest absolute Gasteiger partial charge is 0.418 e. The molecule has 18 heteroatoms. The number of nitrogens with one attached hydrogen (secondary N) is 2. The zero-order valence-corrected chi connectivity index (χ0v) is 20.8. The molecule has 0 fully saturated rings. The zero-order valence-electron chi connectivity index (χ0n) is 20.8. The molecule has 0 aliphatic rings. The van der Waals surface area contributed by atoms with E-state index in [1.165, 1.54) is 12.1 Å². The first-order valence-electron chi connectivity index (χ1n) is 11.6. The summed E-state index contributed by atoms with van der Waals surface area (Å²) in [5.41, 5.74) is 5.73. The fourth-order valence-corrected chi connectivity index (χ4v) is 2.96. The van der Waals surface area contributed by atoms with Crippen LogP contribution >= 0.6 is 0 Å². The van der Waals surface area contributed by atoms with Crippen molar-refractivity contribution in [3.63, 3.8) is 0 Å². The van der Waals surface area contributed by atoms with Crippen LogP contribution < -0.4 is 25.8 Å². The van der Waals surface area contributed by atoms with Crippen LogP contribution in [0, 0.1) is 29.1 Å². The number of nitrogens with two attached hydrogens (primary N) is 1. The first-order valence-corrected chi connectivity index (χ1v) is 11.6. The van der Waals surface area contributed by atoms with E-state index in [1.807, 2.05) is 0 Å². The molecule has 4 N–H and O–H groups in total. The number of benzene rings is 2. The van der Waals surface area contributed by atoms with Crippen LogP contribution in [0.1, 0.15) is 5.56 Å². The molecule has 41 heavy (non-hydrogen) atoms.